The fourth-order valence-corrected chi connectivity index (χ4v) is 3.08. The summed E-state index contributed by atoms with van der Waals surface area (Å²) in [5.41, 5.74) is 3.17. The van der Waals surface area contributed by atoms with Crippen molar-refractivity contribution >= 4 is 28.4 Å². The monoisotopic (exact) mass is 320 g/mol. The van der Waals surface area contributed by atoms with Gasteiger partial charge in [-0.05, 0) is 36.1 Å². The minimum Gasteiger partial charge on any atom is -0.377 e. The molecule has 0 spiro atoms. The van der Waals surface area contributed by atoms with Crippen molar-refractivity contribution in [2.24, 2.45) is 0 Å². The predicted octanol–water partition coefficient (Wildman–Crippen LogP) is 3.74. The smallest absolute Gasteiger partial charge is 0.222 e. The summed E-state index contributed by atoms with van der Waals surface area (Å²) >= 11 is 6.32. The second-order valence-corrected chi connectivity index (χ2v) is 6.58. The number of halogens is 1. The summed E-state index contributed by atoms with van der Waals surface area (Å²) in [4.78, 5) is 15.2. The van der Waals surface area contributed by atoms with Crippen LogP contribution in [0.4, 0.5) is 0 Å². The van der Waals surface area contributed by atoms with Crippen molar-refractivity contribution in [2.45, 2.75) is 45.3 Å². The topological polar surface area (TPSA) is 54.1 Å². The molecule has 1 saturated heterocycles. The Morgan fingerprint density at radius 2 is 2.23 bits per heavy atom. The molecule has 1 aromatic carbocycles. The third kappa shape index (κ3) is 3.28. The third-order valence-electron chi connectivity index (χ3n) is 4.10. The summed E-state index contributed by atoms with van der Waals surface area (Å²) in [5.74, 6) is 0.412. The van der Waals surface area contributed by atoms with E-state index in [9.17, 15) is 4.79 Å². The van der Waals surface area contributed by atoms with E-state index in [1.165, 1.54) is 0 Å². The molecule has 1 atom stereocenters. The van der Waals surface area contributed by atoms with E-state index < -0.39 is 0 Å². The number of H-pyrrole nitrogens is 1. The second kappa shape index (κ2) is 6.31. The van der Waals surface area contributed by atoms with Crippen molar-refractivity contribution < 1.29 is 9.53 Å². The van der Waals surface area contributed by atoms with E-state index in [-0.39, 0.29) is 12.0 Å². The molecule has 1 fully saturated rings. The molecule has 5 heteroatoms. The number of hydrogen-bond acceptors (Lipinski definition) is 2. The summed E-state index contributed by atoms with van der Waals surface area (Å²) in [6, 6.07) is 6.11. The molecule has 1 aliphatic heterocycles. The maximum absolute atomic E-state index is 11.8. The first-order chi connectivity index (χ1) is 10.5. The first-order valence-electron chi connectivity index (χ1n) is 7.72. The first-order valence-corrected chi connectivity index (χ1v) is 8.10. The zero-order valence-electron chi connectivity index (χ0n) is 12.9. The van der Waals surface area contributed by atoms with Crippen LogP contribution in [0.2, 0.25) is 5.02 Å². The van der Waals surface area contributed by atoms with Crippen LogP contribution in [0.3, 0.4) is 0 Å². The summed E-state index contributed by atoms with van der Waals surface area (Å²) in [5, 5.41) is 4.79. The Bertz CT molecular complexity index is 689. The van der Waals surface area contributed by atoms with Gasteiger partial charge in [-0.1, -0.05) is 25.4 Å². The van der Waals surface area contributed by atoms with Crippen LogP contribution in [0, 0.1) is 0 Å². The number of aromatic amines is 1. The number of nitrogens with one attached hydrogen (secondary N) is 2. The Morgan fingerprint density at radius 3 is 2.86 bits per heavy atom. The van der Waals surface area contributed by atoms with Crippen LogP contribution in [0.1, 0.15) is 43.9 Å². The number of rotatable bonds is 5. The lowest BCUT2D eigenvalue weighted by molar-refractivity contribution is -0.129. The zero-order chi connectivity index (χ0) is 15.7. The molecule has 22 heavy (non-hydrogen) atoms. The second-order valence-electron chi connectivity index (χ2n) is 6.17. The Balaban J connectivity index is 1.67. The van der Waals surface area contributed by atoms with Gasteiger partial charge in [0.05, 0.1) is 19.1 Å². The molecule has 0 bridgehead atoms. The molecule has 118 valence electrons. The van der Waals surface area contributed by atoms with E-state index in [1.54, 1.807) is 0 Å². The van der Waals surface area contributed by atoms with Gasteiger partial charge in [-0.3, -0.25) is 4.79 Å². The molecule has 1 aliphatic rings. The van der Waals surface area contributed by atoms with Crippen LogP contribution in [-0.4, -0.2) is 23.6 Å². The number of carbonyl (C=O) groups is 1. The van der Waals surface area contributed by atoms with Crippen LogP contribution in [-0.2, 0) is 16.1 Å². The number of fused-ring (bicyclic) bond motifs is 1. The van der Waals surface area contributed by atoms with Gasteiger partial charge in [0.25, 0.3) is 0 Å². The van der Waals surface area contributed by atoms with Gasteiger partial charge in [-0.25, -0.2) is 0 Å². The minimum absolute atomic E-state index is 0.0317. The first kappa shape index (κ1) is 15.4. The van der Waals surface area contributed by atoms with Crippen molar-refractivity contribution in [1.82, 2.24) is 10.3 Å². The molecule has 2 N–H and O–H groups in total. The van der Waals surface area contributed by atoms with E-state index >= 15 is 0 Å². The van der Waals surface area contributed by atoms with E-state index in [4.69, 9.17) is 16.3 Å². The molecule has 0 radical (unpaired) electrons. The van der Waals surface area contributed by atoms with Crippen LogP contribution in [0.15, 0.2) is 18.2 Å². The highest BCUT2D eigenvalue weighted by atomic mass is 35.5. The van der Waals surface area contributed by atoms with Gasteiger partial charge in [-0.15, -0.1) is 0 Å². The summed E-state index contributed by atoms with van der Waals surface area (Å²) < 4.78 is 5.27. The summed E-state index contributed by atoms with van der Waals surface area (Å²) in [6.07, 6.45) is 1.54. The van der Waals surface area contributed by atoms with E-state index in [0.717, 1.165) is 40.2 Å². The van der Waals surface area contributed by atoms with Crippen LogP contribution < -0.4 is 5.32 Å². The van der Waals surface area contributed by atoms with E-state index in [1.807, 2.05) is 12.1 Å². The number of aromatic nitrogens is 1. The molecular formula is C17H21ClN2O2. The Morgan fingerprint density at radius 1 is 1.45 bits per heavy atom. The van der Waals surface area contributed by atoms with Crippen molar-refractivity contribution in [3.05, 3.63) is 34.5 Å². The summed E-state index contributed by atoms with van der Waals surface area (Å²) in [6.45, 7) is 5.52. The van der Waals surface area contributed by atoms with Gasteiger partial charge < -0.3 is 15.0 Å². The van der Waals surface area contributed by atoms with Crippen molar-refractivity contribution in [1.29, 1.82) is 0 Å². The molecule has 2 heterocycles. The molecule has 1 unspecified atom stereocenters. The minimum atomic E-state index is 0.0317. The largest absolute Gasteiger partial charge is 0.377 e. The summed E-state index contributed by atoms with van der Waals surface area (Å²) in [7, 11) is 0. The van der Waals surface area contributed by atoms with Gasteiger partial charge >= 0.3 is 0 Å². The molecule has 3 rings (SSSR count). The molecule has 2 aromatic rings. The predicted molar refractivity (Wildman–Crippen MR) is 88.2 cm³/mol. The average Bonchev–Trinajstić information content (AvgIpc) is 2.81. The van der Waals surface area contributed by atoms with Gasteiger partial charge in [-0.2, -0.15) is 0 Å². The van der Waals surface area contributed by atoms with Gasteiger partial charge in [0.15, 0.2) is 0 Å². The number of hydrogen-bond donors (Lipinski definition) is 2. The Labute approximate surface area is 135 Å². The van der Waals surface area contributed by atoms with Crippen molar-refractivity contribution in [3.63, 3.8) is 0 Å². The lowest BCUT2D eigenvalue weighted by Crippen LogP contribution is -2.34. The highest BCUT2D eigenvalue weighted by Crippen LogP contribution is 2.29. The van der Waals surface area contributed by atoms with Crippen LogP contribution in [0.25, 0.3) is 10.9 Å². The van der Waals surface area contributed by atoms with Gasteiger partial charge in [0.1, 0.15) is 0 Å². The number of benzene rings is 1. The van der Waals surface area contributed by atoms with Crippen molar-refractivity contribution in [3.8, 4) is 0 Å². The fourth-order valence-electron chi connectivity index (χ4n) is 2.69. The lowest BCUT2D eigenvalue weighted by atomic mass is 10.0. The zero-order valence-corrected chi connectivity index (χ0v) is 13.7. The lowest BCUT2D eigenvalue weighted by Gasteiger charge is -2.25. The van der Waals surface area contributed by atoms with E-state index in [2.05, 4.69) is 30.2 Å². The maximum atomic E-state index is 11.8. The molecule has 1 aromatic heterocycles. The Hall–Kier alpha value is -1.52. The van der Waals surface area contributed by atoms with Crippen LogP contribution >= 0.6 is 11.6 Å². The normalized spacial score (nSPS) is 17.7. The quantitative estimate of drug-likeness (QED) is 0.881. The molecular weight excluding hydrogens is 300 g/mol. The van der Waals surface area contributed by atoms with Gasteiger partial charge in [0, 0.05) is 28.2 Å². The van der Waals surface area contributed by atoms with Crippen molar-refractivity contribution in [2.75, 3.05) is 6.61 Å². The van der Waals surface area contributed by atoms with E-state index in [0.29, 0.717) is 18.9 Å². The van der Waals surface area contributed by atoms with Crippen LogP contribution in [0.5, 0.6) is 0 Å². The maximum Gasteiger partial charge on any atom is 0.222 e. The highest BCUT2D eigenvalue weighted by molar-refractivity contribution is 6.32. The number of ether oxygens (including phenoxy) is 1. The molecule has 0 saturated carbocycles. The molecule has 0 aliphatic carbocycles. The Kier molecular flexibility index (Phi) is 4.41. The number of amides is 1. The third-order valence-corrected chi connectivity index (χ3v) is 4.43. The molecule has 4 nitrogen and oxygen atoms in total. The van der Waals surface area contributed by atoms with Gasteiger partial charge in [0.2, 0.25) is 5.91 Å². The highest BCUT2D eigenvalue weighted by Gasteiger charge is 2.21. The fraction of sp³-hybridized carbons (Fsp3) is 0.471. The number of carbonyl (C=O) groups excluding carboxylic acids is 1. The molecule has 1 amide bonds. The SMILES string of the molecule is CC(C)c1cc2[nH]c(CNC(=O)CC3CCO3)cc2cc1Cl. The standard InChI is InChI=1S/C17H21ClN2O2/c1-10(2)14-8-16-11(6-15(14)18)5-12(20-16)9-19-17(21)7-13-3-4-22-13/h5-6,8,10,13,20H,3-4,7,9H2,1-2H3,(H,19,21). The average molecular weight is 321 g/mol.